The van der Waals surface area contributed by atoms with Crippen LogP contribution in [-0.2, 0) is 0 Å². The van der Waals surface area contributed by atoms with Gasteiger partial charge in [0.05, 0.1) is 0 Å². The molecule has 0 amide bonds. The molecule has 2 N–H and O–H groups in total. The molecular weight excluding hydrogens is 124 g/mol. The quantitative estimate of drug-likeness (QED) is 0.327. The van der Waals surface area contributed by atoms with Crippen LogP contribution in [0, 0.1) is 11.3 Å². The fourth-order valence-electron chi connectivity index (χ4n) is 0.617. The largest absolute Gasteiger partial charge is 0.313 e. The normalized spacial score (nSPS) is 12.5. The molecule has 2 nitrogen and oxygen atoms in total. The zero-order valence-corrected chi connectivity index (χ0v) is 6.56. The molecule has 0 aromatic carbocycles. The second-order valence-corrected chi connectivity index (χ2v) is 2.43. The van der Waals surface area contributed by atoms with Crippen molar-refractivity contribution in [3.8, 4) is 0 Å². The molecule has 0 aliphatic rings. The van der Waals surface area contributed by atoms with Crippen LogP contribution in [0.25, 0.3) is 0 Å². The van der Waals surface area contributed by atoms with Gasteiger partial charge in [0, 0.05) is 6.54 Å². The minimum absolute atomic E-state index is 0.400. The van der Waals surface area contributed by atoms with Gasteiger partial charge in [-0.25, -0.2) is 0 Å². The van der Waals surface area contributed by atoms with Crippen LogP contribution in [0.1, 0.15) is 13.3 Å². The van der Waals surface area contributed by atoms with E-state index in [1.54, 1.807) is 0 Å². The Morgan fingerprint density at radius 3 is 2.90 bits per heavy atom. The molecule has 10 heavy (non-hydrogen) atoms. The first kappa shape index (κ1) is 9.37. The summed E-state index contributed by atoms with van der Waals surface area (Å²) in [5.74, 6) is 0.400. The summed E-state index contributed by atoms with van der Waals surface area (Å²) in [5.41, 5.74) is 0. The number of hydrogen-bond donors (Lipinski definition) is 2. The van der Waals surface area contributed by atoms with E-state index in [9.17, 15) is 0 Å². The fourth-order valence-corrected chi connectivity index (χ4v) is 0.617. The van der Waals surface area contributed by atoms with Gasteiger partial charge in [-0.1, -0.05) is 13.0 Å². The van der Waals surface area contributed by atoms with E-state index in [4.69, 9.17) is 5.41 Å². The van der Waals surface area contributed by atoms with E-state index < -0.39 is 0 Å². The molecule has 0 saturated heterocycles. The molecule has 0 bridgehead atoms. The average Bonchev–Trinajstić information content (AvgIpc) is 1.98. The Labute approximate surface area is 62.8 Å². The van der Waals surface area contributed by atoms with Crippen molar-refractivity contribution >= 4 is 6.21 Å². The van der Waals surface area contributed by atoms with Gasteiger partial charge in [-0.2, -0.15) is 0 Å². The summed E-state index contributed by atoms with van der Waals surface area (Å²) in [4.78, 5) is 0. The second kappa shape index (κ2) is 6.49. The number of rotatable bonds is 6. The predicted molar refractivity (Wildman–Crippen MR) is 45.6 cm³/mol. The highest BCUT2D eigenvalue weighted by Gasteiger charge is 1.93. The predicted octanol–water partition coefficient (Wildman–Crippen LogP) is 1.44. The lowest BCUT2D eigenvalue weighted by Gasteiger charge is -2.03. The van der Waals surface area contributed by atoms with Crippen LogP contribution >= 0.6 is 0 Å². The first-order valence-electron chi connectivity index (χ1n) is 3.63. The number of nitrogens with one attached hydrogen (secondary N) is 2. The Bertz CT molecular complexity index is 99.4. The maximum atomic E-state index is 6.92. The van der Waals surface area contributed by atoms with E-state index in [2.05, 4.69) is 11.9 Å². The molecule has 0 spiro atoms. The third kappa shape index (κ3) is 5.51. The van der Waals surface area contributed by atoms with Crippen LogP contribution in [0.3, 0.4) is 0 Å². The summed E-state index contributed by atoms with van der Waals surface area (Å²) in [6.07, 6.45) is 4.36. The molecule has 0 aromatic rings. The molecule has 0 aliphatic heterocycles. The van der Waals surface area contributed by atoms with E-state index in [0.717, 1.165) is 19.5 Å². The Kier molecular flexibility index (Phi) is 6.08. The highest BCUT2D eigenvalue weighted by atomic mass is 14.8. The summed E-state index contributed by atoms with van der Waals surface area (Å²) in [6, 6.07) is 0. The standard InChI is InChI=1S/C8H16N2/c1-3-5-10-6-4-8(2)7-9/h3,7-10H,1,4-6H2,2H3. The summed E-state index contributed by atoms with van der Waals surface area (Å²) < 4.78 is 0. The van der Waals surface area contributed by atoms with Crippen molar-refractivity contribution in [1.29, 1.82) is 5.41 Å². The van der Waals surface area contributed by atoms with Crippen molar-refractivity contribution in [3.05, 3.63) is 12.7 Å². The molecule has 58 valence electrons. The van der Waals surface area contributed by atoms with Gasteiger partial charge in [0.1, 0.15) is 0 Å². The van der Waals surface area contributed by atoms with Gasteiger partial charge in [-0.05, 0) is 25.1 Å². The zero-order valence-electron chi connectivity index (χ0n) is 6.56. The van der Waals surface area contributed by atoms with Crippen LogP contribution in [0.4, 0.5) is 0 Å². The van der Waals surface area contributed by atoms with Crippen LogP contribution in [0.15, 0.2) is 12.7 Å². The third-order valence-electron chi connectivity index (χ3n) is 1.35. The Morgan fingerprint density at radius 2 is 2.40 bits per heavy atom. The molecule has 1 atom stereocenters. The maximum Gasteiger partial charge on any atom is 0.0132 e. The molecule has 0 aliphatic carbocycles. The van der Waals surface area contributed by atoms with Crippen molar-refractivity contribution in [2.45, 2.75) is 13.3 Å². The summed E-state index contributed by atoms with van der Waals surface area (Å²) in [5, 5.41) is 10.1. The Morgan fingerprint density at radius 1 is 1.70 bits per heavy atom. The number of hydrogen-bond acceptors (Lipinski definition) is 2. The minimum atomic E-state index is 0.400. The van der Waals surface area contributed by atoms with Gasteiger partial charge in [-0.15, -0.1) is 6.58 Å². The van der Waals surface area contributed by atoms with Crippen molar-refractivity contribution in [1.82, 2.24) is 5.32 Å². The zero-order chi connectivity index (χ0) is 7.82. The first-order valence-corrected chi connectivity index (χ1v) is 3.63. The molecule has 0 rings (SSSR count). The molecule has 0 fully saturated rings. The van der Waals surface area contributed by atoms with Crippen molar-refractivity contribution < 1.29 is 0 Å². The Hall–Kier alpha value is -0.630. The molecular formula is C8H16N2. The second-order valence-electron chi connectivity index (χ2n) is 2.43. The van der Waals surface area contributed by atoms with Crippen LogP contribution in [0.2, 0.25) is 0 Å². The first-order chi connectivity index (χ1) is 4.81. The van der Waals surface area contributed by atoms with Gasteiger partial charge in [0.25, 0.3) is 0 Å². The highest BCUT2D eigenvalue weighted by molar-refractivity contribution is 5.55. The SMILES string of the molecule is C=CCNCCC(C)C=N. The van der Waals surface area contributed by atoms with E-state index in [0.29, 0.717) is 5.92 Å². The van der Waals surface area contributed by atoms with Crippen molar-refractivity contribution in [2.75, 3.05) is 13.1 Å². The van der Waals surface area contributed by atoms with Gasteiger partial charge < -0.3 is 10.7 Å². The van der Waals surface area contributed by atoms with Crippen molar-refractivity contribution in [2.24, 2.45) is 5.92 Å². The smallest absolute Gasteiger partial charge is 0.0132 e. The fraction of sp³-hybridized carbons (Fsp3) is 0.625. The average molecular weight is 140 g/mol. The lowest BCUT2D eigenvalue weighted by atomic mass is 10.1. The maximum absolute atomic E-state index is 6.92. The highest BCUT2D eigenvalue weighted by Crippen LogP contribution is 1.93. The van der Waals surface area contributed by atoms with Gasteiger partial charge in [-0.3, -0.25) is 0 Å². The summed E-state index contributed by atoms with van der Waals surface area (Å²) in [6.45, 7) is 7.47. The van der Waals surface area contributed by atoms with E-state index in [1.165, 1.54) is 6.21 Å². The lowest BCUT2D eigenvalue weighted by Crippen LogP contribution is -2.17. The summed E-state index contributed by atoms with van der Waals surface area (Å²) >= 11 is 0. The van der Waals surface area contributed by atoms with Crippen LogP contribution in [-0.4, -0.2) is 19.3 Å². The molecule has 0 saturated carbocycles. The monoisotopic (exact) mass is 140 g/mol. The van der Waals surface area contributed by atoms with E-state index in [-0.39, 0.29) is 0 Å². The third-order valence-corrected chi connectivity index (χ3v) is 1.35. The molecule has 0 heterocycles. The molecule has 0 radical (unpaired) electrons. The van der Waals surface area contributed by atoms with Crippen LogP contribution in [0.5, 0.6) is 0 Å². The van der Waals surface area contributed by atoms with E-state index >= 15 is 0 Å². The molecule has 2 heteroatoms. The lowest BCUT2D eigenvalue weighted by molar-refractivity contribution is 0.625. The van der Waals surface area contributed by atoms with Gasteiger partial charge >= 0.3 is 0 Å². The Balaban J connectivity index is 3.02. The van der Waals surface area contributed by atoms with Crippen molar-refractivity contribution in [3.63, 3.8) is 0 Å². The van der Waals surface area contributed by atoms with Crippen LogP contribution < -0.4 is 5.32 Å². The summed E-state index contributed by atoms with van der Waals surface area (Å²) in [7, 11) is 0. The van der Waals surface area contributed by atoms with Gasteiger partial charge in [0.2, 0.25) is 0 Å². The molecule has 0 aromatic heterocycles. The molecule has 1 unspecified atom stereocenters. The topological polar surface area (TPSA) is 35.9 Å². The minimum Gasteiger partial charge on any atom is -0.313 e. The van der Waals surface area contributed by atoms with E-state index in [1.807, 2.05) is 13.0 Å². The van der Waals surface area contributed by atoms with Gasteiger partial charge in [0.15, 0.2) is 0 Å².